The fraction of sp³-hybridized carbons (Fsp3) is 0.833. The molecule has 1 atom stereocenters. The highest BCUT2D eigenvalue weighted by atomic mass is 32.2. The van der Waals surface area contributed by atoms with E-state index in [1.165, 1.54) is 0 Å². The Bertz CT molecular complexity index is 344. The molecule has 0 saturated carbocycles. The summed E-state index contributed by atoms with van der Waals surface area (Å²) in [5.74, 6) is 2.80. The fourth-order valence-electron chi connectivity index (χ4n) is 1.42. The van der Waals surface area contributed by atoms with Gasteiger partial charge in [-0.05, 0) is 5.92 Å². The Labute approximate surface area is 108 Å². The summed E-state index contributed by atoms with van der Waals surface area (Å²) in [7, 11) is 0. The van der Waals surface area contributed by atoms with Gasteiger partial charge < -0.3 is 10.3 Å². The first-order valence-corrected chi connectivity index (χ1v) is 6.98. The third kappa shape index (κ3) is 4.68. The van der Waals surface area contributed by atoms with Crippen molar-refractivity contribution in [2.45, 2.75) is 51.0 Å². The van der Waals surface area contributed by atoms with Gasteiger partial charge in [0.1, 0.15) is 0 Å². The zero-order valence-electron chi connectivity index (χ0n) is 11.4. The summed E-state index contributed by atoms with van der Waals surface area (Å²) in [6, 6.07) is 0. The number of nitrogens with zero attached hydrogens (tertiary/aromatic N) is 2. The highest BCUT2D eigenvalue weighted by molar-refractivity contribution is 7.99. The van der Waals surface area contributed by atoms with E-state index < -0.39 is 0 Å². The molecule has 2 N–H and O–H groups in total. The Kier molecular flexibility index (Phi) is 5.01. The van der Waals surface area contributed by atoms with Crippen LogP contribution in [0.1, 0.15) is 52.3 Å². The molecule has 5 heteroatoms. The molecule has 0 saturated heterocycles. The van der Waals surface area contributed by atoms with Crippen LogP contribution in [0, 0.1) is 5.92 Å². The SMILES string of the molecule is CC(C)C(CN)c1nc(CSC(C)(C)C)no1. The van der Waals surface area contributed by atoms with E-state index in [9.17, 15) is 0 Å². The topological polar surface area (TPSA) is 64.9 Å². The molecular formula is C12H23N3OS. The third-order valence-corrected chi connectivity index (χ3v) is 3.76. The number of rotatable bonds is 5. The number of hydrogen-bond donors (Lipinski definition) is 1. The Hall–Kier alpha value is -0.550. The average molecular weight is 257 g/mol. The van der Waals surface area contributed by atoms with E-state index in [-0.39, 0.29) is 10.7 Å². The van der Waals surface area contributed by atoms with Gasteiger partial charge in [0.2, 0.25) is 5.89 Å². The summed E-state index contributed by atoms with van der Waals surface area (Å²) in [6.45, 7) is 11.3. The molecule has 0 aliphatic carbocycles. The summed E-state index contributed by atoms with van der Waals surface area (Å²) in [4.78, 5) is 4.43. The number of thioether (sulfide) groups is 1. The van der Waals surface area contributed by atoms with Crippen molar-refractivity contribution in [1.82, 2.24) is 10.1 Å². The molecule has 1 heterocycles. The first kappa shape index (κ1) is 14.5. The quantitative estimate of drug-likeness (QED) is 0.878. The normalized spacial score (nSPS) is 14.3. The van der Waals surface area contributed by atoms with Crippen LogP contribution >= 0.6 is 11.8 Å². The highest BCUT2D eigenvalue weighted by Gasteiger charge is 2.21. The lowest BCUT2D eigenvalue weighted by Crippen LogP contribution is -2.18. The Balaban J connectivity index is 2.64. The van der Waals surface area contributed by atoms with Crippen LogP contribution in [0.5, 0.6) is 0 Å². The monoisotopic (exact) mass is 257 g/mol. The van der Waals surface area contributed by atoms with Crippen molar-refractivity contribution in [3.63, 3.8) is 0 Å². The summed E-state index contributed by atoms with van der Waals surface area (Å²) in [5, 5.41) is 4.01. The van der Waals surface area contributed by atoms with Gasteiger partial charge in [-0.2, -0.15) is 4.98 Å². The molecule has 0 aliphatic heterocycles. The zero-order valence-corrected chi connectivity index (χ0v) is 12.2. The molecule has 4 nitrogen and oxygen atoms in total. The maximum atomic E-state index is 5.73. The largest absolute Gasteiger partial charge is 0.339 e. The molecule has 1 aromatic rings. The molecule has 98 valence electrons. The lowest BCUT2D eigenvalue weighted by atomic mass is 9.96. The Morgan fingerprint density at radius 3 is 2.47 bits per heavy atom. The van der Waals surface area contributed by atoms with E-state index >= 15 is 0 Å². The summed E-state index contributed by atoms with van der Waals surface area (Å²) < 4.78 is 5.50. The van der Waals surface area contributed by atoms with E-state index in [1.807, 2.05) is 11.8 Å². The van der Waals surface area contributed by atoms with Crippen molar-refractivity contribution in [3.8, 4) is 0 Å². The fourth-order valence-corrected chi connectivity index (χ4v) is 2.10. The first-order valence-electron chi connectivity index (χ1n) is 6.00. The molecule has 0 fully saturated rings. The van der Waals surface area contributed by atoms with E-state index in [4.69, 9.17) is 10.3 Å². The summed E-state index contributed by atoms with van der Waals surface area (Å²) >= 11 is 1.81. The Morgan fingerprint density at radius 1 is 1.35 bits per heavy atom. The third-order valence-electron chi connectivity index (χ3n) is 2.49. The van der Waals surface area contributed by atoms with Crippen LogP contribution in [0.15, 0.2) is 4.52 Å². The van der Waals surface area contributed by atoms with Crippen LogP contribution < -0.4 is 5.73 Å². The number of hydrogen-bond acceptors (Lipinski definition) is 5. The van der Waals surface area contributed by atoms with Crippen molar-refractivity contribution in [2.75, 3.05) is 6.54 Å². The second kappa shape index (κ2) is 5.87. The van der Waals surface area contributed by atoms with E-state index in [0.717, 1.165) is 11.6 Å². The Morgan fingerprint density at radius 2 is 2.00 bits per heavy atom. The summed E-state index contributed by atoms with van der Waals surface area (Å²) in [6.07, 6.45) is 0. The zero-order chi connectivity index (χ0) is 13.1. The van der Waals surface area contributed by atoms with Crippen LogP contribution in [0.25, 0.3) is 0 Å². The van der Waals surface area contributed by atoms with Crippen LogP contribution in [0.4, 0.5) is 0 Å². The van der Waals surface area contributed by atoms with Crippen molar-refractivity contribution in [2.24, 2.45) is 11.7 Å². The van der Waals surface area contributed by atoms with Gasteiger partial charge in [-0.25, -0.2) is 0 Å². The minimum Gasteiger partial charge on any atom is -0.339 e. The predicted octanol–water partition coefficient (Wildman–Crippen LogP) is 2.80. The van der Waals surface area contributed by atoms with Crippen LogP contribution in [-0.2, 0) is 5.75 Å². The van der Waals surface area contributed by atoms with Gasteiger partial charge in [-0.1, -0.05) is 39.8 Å². The molecular weight excluding hydrogens is 234 g/mol. The molecule has 1 aromatic heterocycles. The second-order valence-electron chi connectivity index (χ2n) is 5.54. The molecule has 17 heavy (non-hydrogen) atoms. The molecule has 0 spiro atoms. The lowest BCUT2D eigenvalue weighted by molar-refractivity contribution is 0.322. The lowest BCUT2D eigenvalue weighted by Gasteiger charge is -2.15. The van der Waals surface area contributed by atoms with Gasteiger partial charge in [0, 0.05) is 11.3 Å². The maximum absolute atomic E-state index is 5.73. The molecule has 1 rings (SSSR count). The van der Waals surface area contributed by atoms with Gasteiger partial charge in [-0.3, -0.25) is 0 Å². The average Bonchev–Trinajstić information content (AvgIpc) is 2.63. The molecule has 0 radical (unpaired) electrons. The minimum atomic E-state index is 0.163. The van der Waals surface area contributed by atoms with E-state index in [2.05, 4.69) is 44.8 Å². The maximum Gasteiger partial charge on any atom is 0.231 e. The van der Waals surface area contributed by atoms with Crippen molar-refractivity contribution < 1.29 is 4.52 Å². The number of aromatic nitrogens is 2. The standard InChI is InChI=1S/C12H23N3OS/c1-8(2)9(6-13)11-14-10(15-16-11)7-17-12(3,4)5/h8-9H,6-7,13H2,1-5H3. The molecule has 0 aliphatic rings. The van der Waals surface area contributed by atoms with Gasteiger partial charge in [0.15, 0.2) is 5.82 Å². The highest BCUT2D eigenvalue weighted by Crippen LogP contribution is 2.27. The van der Waals surface area contributed by atoms with Gasteiger partial charge in [-0.15, -0.1) is 11.8 Å². The molecule has 0 amide bonds. The minimum absolute atomic E-state index is 0.163. The van der Waals surface area contributed by atoms with E-state index in [1.54, 1.807) is 0 Å². The summed E-state index contributed by atoms with van der Waals surface area (Å²) in [5.41, 5.74) is 5.73. The predicted molar refractivity (Wildman–Crippen MR) is 72.0 cm³/mol. The van der Waals surface area contributed by atoms with Gasteiger partial charge in [0.05, 0.1) is 11.7 Å². The van der Waals surface area contributed by atoms with Gasteiger partial charge >= 0.3 is 0 Å². The van der Waals surface area contributed by atoms with Crippen molar-refractivity contribution in [1.29, 1.82) is 0 Å². The van der Waals surface area contributed by atoms with Crippen LogP contribution in [-0.4, -0.2) is 21.4 Å². The van der Waals surface area contributed by atoms with E-state index in [0.29, 0.717) is 18.4 Å². The second-order valence-corrected chi connectivity index (χ2v) is 7.34. The first-order chi connectivity index (χ1) is 7.83. The van der Waals surface area contributed by atoms with Crippen molar-refractivity contribution in [3.05, 3.63) is 11.7 Å². The molecule has 1 unspecified atom stereocenters. The smallest absolute Gasteiger partial charge is 0.231 e. The molecule has 0 bridgehead atoms. The van der Waals surface area contributed by atoms with Gasteiger partial charge in [0.25, 0.3) is 0 Å². The van der Waals surface area contributed by atoms with Crippen molar-refractivity contribution >= 4 is 11.8 Å². The van der Waals surface area contributed by atoms with Crippen LogP contribution in [0.3, 0.4) is 0 Å². The number of nitrogens with two attached hydrogens (primary N) is 1. The van der Waals surface area contributed by atoms with Crippen LogP contribution in [0.2, 0.25) is 0 Å². The molecule has 0 aromatic carbocycles.